The van der Waals surface area contributed by atoms with Crippen LogP contribution < -0.4 is 9.46 Å². The third-order valence-corrected chi connectivity index (χ3v) is 4.21. The van der Waals surface area contributed by atoms with E-state index < -0.39 is 22.0 Å². The molecule has 0 fully saturated rings. The standard InChI is InChI=1S/C11H13NO5S/c1-7(11(13)14)12-18(15,16)9-2-3-10-8(6-9)4-5-17-10/h2-3,6-7,12H,4-5H2,1H3,(H,13,14). The van der Waals surface area contributed by atoms with E-state index >= 15 is 0 Å². The van der Waals surface area contributed by atoms with Gasteiger partial charge in [0.1, 0.15) is 11.8 Å². The first-order valence-corrected chi connectivity index (χ1v) is 6.89. The second-order valence-electron chi connectivity index (χ2n) is 4.05. The summed E-state index contributed by atoms with van der Waals surface area (Å²) in [6, 6.07) is 3.34. The number of rotatable bonds is 4. The molecule has 0 aromatic heterocycles. The number of carboxylic acid groups (broad SMARTS) is 1. The number of aliphatic carboxylic acids is 1. The van der Waals surface area contributed by atoms with Crippen LogP contribution in [-0.4, -0.2) is 32.1 Å². The molecule has 1 heterocycles. The van der Waals surface area contributed by atoms with Gasteiger partial charge >= 0.3 is 5.97 Å². The van der Waals surface area contributed by atoms with Crippen LogP contribution in [0.3, 0.4) is 0 Å². The molecule has 0 radical (unpaired) electrons. The lowest BCUT2D eigenvalue weighted by Gasteiger charge is -2.10. The number of benzene rings is 1. The summed E-state index contributed by atoms with van der Waals surface area (Å²) in [6.07, 6.45) is 0.660. The number of fused-ring (bicyclic) bond motifs is 1. The van der Waals surface area contributed by atoms with E-state index in [9.17, 15) is 13.2 Å². The minimum atomic E-state index is -3.81. The number of carboxylic acids is 1. The highest BCUT2D eigenvalue weighted by Crippen LogP contribution is 2.27. The van der Waals surface area contributed by atoms with E-state index in [-0.39, 0.29) is 4.90 Å². The van der Waals surface area contributed by atoms with Crippen molar-refractivity contribution in [2.24, 2.45) is 0 Å². The molecule has 7 heteroatoms. The third-order valence-electron chi connectivity index (χ3n) is 2.67. The lowest BCUT2D eigenvalue weighted by atomic mass is 10.2. The maximum absolute atomic E-state index is 11.9. The fourth-order valence-electron chi connectivity index (χ4n) is 1.68. The van der Waals surface area contributed by atoms with Gasteiger partial charge in [0.05, 0.1) is 11.5 Å². The van der Waals surface area contributed by atoms with Crippen LogP contribution in [0.5, 0.6) is 5.75 Å². The van der Waals surface area contributed by atoms with E-state index in [4.69, 9.17) is 9.84 Å². The van der Waals surface area contributed by atoms with Crippen LogP contribution in [0.25, 0.3) is 0 Å². The van der Waals surface area contributed by atoms with Crippen molar-refractivity contribution in [2.75, 3.05) is 6.61 Å². The zero-order chi connectivity index (χ0) is 13.3. The first-order valence-electron chi connectivity index (χ1n) is 5.41. The Kier molecular flexibility index (Phi) is 3.27. The SMILES string of the molecule is CC(NS(=O)(=O)c1ccc2c(c1)CCO2)C(=O)O. The molecule has 98 valence electrons. The summed E-state index contributed by atoms with van der Waals surface area (Å²) >= 11 is 0. The number of carbonyl (C=O) groups is 1. The van der Waals surface area contributed by atoms with E-state index in [1.54, 1.807) is 6.07 Å². The normalized spacial score (nSPS) is 15.8. The number of hydrogen-bond acceptors (Lipinski definition) is 4. The number of nitrogens with one attached hydrogen (secondary N) is 1. The highest BCUT2D eigenvalue weighted by molar-refractivity contribution is 7.89. The second kappa shape index (κ2) is 4.58. The first kappa shape index (κ1) is 12.8. The molecule has 1 aliphatic heterocycles. The van der Waals surface area contributed by atoms with Crippen molar-refractivity contribution < 1.29 is 23.1 Å². The molecule has 1 aromatic rings. The molecular formula is C11H13NO5S. The van der Waals surface area contributed by atoms with Gasteiger partial charge in [0.2, 0.25) is 10.0 Å². The average Bonchev–Trinajstić information content (AvgIpc) is 2.74. The lowest BCUT2D eigenvalue weighted by Crippen LogP contribution is -2.38. The maximum Gasteiger partial charge on any atom is 0.321 e. The Hall–Kier alpha value is -1.60. The molecule has 0 bridgehead atoms. The Morgan fingerprint density at radius 1 is 1.50 bits per heavy atom. The number of ether oxygens (including phenoxy) is 1. The summed E-state index contributed by atoms with van der Waals surface area (Å²) in [4.78, 5) is 10.7. The third kappa shape index (κ3) is 2.46. The van der Waals surface area contributed by atoms with Gasteiger partial charge in [0, 0.05) is 6.42 Å². The van der Waals surface area contributed by atoms with Crippen molar-refractivity contribution in [1.29, 1.82) is 0 Å². The maximum atomic E-state index is 11.9. The van der Waals surface area contributed by atoms with Crippen molar-refractivity contribution in [1.82, 2.24) is 4.72 Å². The molecule has 1 unspecified atom stereocenters. The van der Waals surface area contributed by atoms with E-state index in [1.165, 1.54) is 19.1 Å². The molecule has 1 atom stereocenters. The molecule has 6 nitrogen and oxygen atoms in total. The quantitative estimate of drug-likeness (QED) is 0.825. The lowest BCUT2D eigenvalue weighted by molar-refractivity contribution is -0.138. The minimum Gasteiger partial charge on any atom is -0.493 e. The van der Waals surface area contributed by atoms with Gasteiger partial charge in [-0.3, -0.25) is 4.79 Å². The Balaban J connectivity index is 2.28. The second-order valence-corrected chi connectivity index (χ2v) is 5.76. The minimum absolute atomic E-state index is 0.0554. The van der Waals surface area contributed by atoms with E-state index in [0.717, 1.165) is 5.56 Å². The van der Waals surface area contributed by atoms with Crippen LogP contribution in [-0.2, 0) is 21.2 Å². The molecule has 2 rings (SSSR count). The molecule has 1 aliphatic rings. The zero-order valence-electron chi connectivity index (χ0n) is 9.71. The summed E-state index contributed by atoms with van der Waals surface area (Å²) in [7, 11) is -3.81. The van der Waals surface area contributed by atoms with Crippen LogP contribution in [0, 0.1) is 0 Å². The highest BCUT2D eigenvalue weighted by atomic mass is 32.2. The Morgan fingerprint density at radius 3 is 2.89 bits per heavy atom. The predicted octanol–water partition coefficient (Wildman–Crippen LogP) is 0.373. The van der Waals surface area contributed by atoms with E-state index in [0.29, 0.717) is 18.8 Å². The summed E-state index contributed by atoms with van der Waals surface area (Å²) in [5.41, 5.74) is 0.820. The van der Waals surface area contributed by atoms with Gasteiger partial charge in [0.25, 0.3) is 0 Å². The van der Waals surface area contributed by atoms with Crippen molar-refractivity contribution >= 4 is 16.0 Å². The van der Waals surface area contributed by atoms with Gasteiger partial charge in [0.15, 0.2) is 0 Å². The average molecular weight is 271 g/mol. The van der Waals surface area contributed by atoms with Gasteiger partial charge in [-0.2, -0.15) is 4.72 Å². The molecule has 0 amide bonds. The highest BCUT2D eigenvalue weighted by Gasteiger charge is 2.23. The smallest absolute Gasteiger partial charge is 0.321 e. The van der Waals surface area contributed by atoms with Gasteiger partial charge in [-0.1, -0.05) is 0 Å². The van der Waals surface area contributed by atoms with Crippen LogP contribution in [0.15, 0.2) is 23.1 Å². The summed E-state index contributed by atoms with van der Waals surface area (Å²) in [5, 5.41) is 8.70. The van der Waals surface area contributed by atoms with Gasteiger partial charge < -0.3 is 9.84 Å². The van der Waals surface area contributed by atoms with Crippen LogP contribution in [0.1, 0.15) is 12.5 Å². The summed E-state index contributed by atoms with van der Waals surface area (Å²) in [5.74, 6) is -0.539. The molecule has 18 heavy (non-hydrogen) atoms. The van der Waals surface area contributed by atoms with Crippen LogP contribution in [0.4, 0.5) is 0 Å². The van der Waals surface area contributed by atoms with Gasteiger partial charge in [-0.05, 0) is 30.7 Å². The monoisotopic (exact) mass is 271 g/mol. The zero-order valence-corrected chi connectivity index (χ0v) is 10.5. The summed E-state index contributed by atoms with van der Waals surface area (Å²) < 4.78 is 31.2. The summed E-state index contributed by atoms with van der Waals surface area (Å²) in [6.45, 7) is 1.81. The number of hydrogen-bond donors (Lipinski definition) is 2. The molecule has 1 aromatic carbocycles. The topological polar surface area (TPSA) is 92.7 Å². The Labute approximate surface area is 105 Å². The Morgan fingerprint density at radius 2 is 2.22 bits per heavy atom. The largest absolute Gasteiger partial charge is 0.493 e. The molecule has 0 spiro atoms. The molecule has 0 saturated heterocycles. The fourth-order valence-corrected chi connectivity index (χ4v) is 2.93. The van der Waals surface area contributed by atoms with Crippen molar-refractivity contribution in [3.63, 3.8) is 0 Å². The molecule has 2 N–H and O–H groups in total. The van der Waals surface area contributed by atoms with Gasteiger partial charge in [-0.25, -0.2) is 8.42 Å². The predicted molar refractivity (Wildman–Crippen MR) is 63.1 cm³/mol. The number of sulfonamides is 1. The molecule has 0 aliphatic carbocycles. The Bertz CT molecular complexity index is 581. The van der Waals surface area contributed by atoms with Crippen molar-refractivity contribution in [2.45, 2.75) is 24.3 Å². The van der Waals surface area contributed by atoms with E-state index in [2.05, 4.69) is 4.72 Å². The molecule has 0 saturated carbocycles. The van der Waals surface area contributed by atoms with Crippen LogP contribution in [0.2, 0.25) is 0 Å². The van der Waals surface area contributed by atoms with Gasteiger partial charge in [-0.15, -0.1) is 0 Å². The first-order chi connectivity index (χ1) is 8.40. The van der Waals surface area contributed by atoms with E-state index in [1.807, 2.05) is 0 Å². The molecular weight excluding hydrogens is 258 g/mol. The fraction of sp³-hybridized carbons (Fsp3) is 0.364. The van der Waals surface area contributed by atoms with Crippen molar-refractivity contribution in [3.05, 3.63) is 23.8 Å². The van der Waals surface area contributed by atoms with Crippen LogP contribution >= 0.6 is 0 Å². The van der Waals surface area contributed by atoms with Crippen molar-refractivity contribution in [3.8, 4) is 5.75 Å².